The van der Waals surface area contributed by atoms with Crippen LogP contribution in [0, 0.1) is 6.92 Å². The van der Waals surface area contributed by atoms with Crippen LogP contribution >= 0.6 is 11.6 Å². The van der Waals surface area contributed by atoms with Crippen LogP contribution in [0.3, 0.4) is 0 Å². The molecule has 0 aliphatic rings. The van der Waals surface area contributed by atoms with Gasteiger partial charge in [-0.05, 0) is 48.7 Å². The molecular weight excluding hydrogens is 272 g/mol. The standard InChI is InChI=1S/C16H17ClN2O/c1-11-5-7-15(14(17)9-11)19-16(20)8-6-12-3-2-4-13(18)10-12/h2-5,7,9-10H,6,8,18H2,1H3,(H,19,20). The predicted molar refractivity (Wildman–Crippen MR) is 84.0 cm³/mol. The first-order valence-corrected chi connectivity index (χ1v) is 6.83. The number of nitrogen functional groups attached to an aromatic ring is 1. The molecule has 2 aromatic carbocycles. The highest BCUT2D eigenvalue weighted by atomic mass is 35.5. The minimum Gasteiger partial charge on any atom is -0.399 e. The average Bonchev–Trinajstić information content (AvgIpc) is 2.40. The zero-order valence-corrected chi connectivity index (χ0v) is 12.1. The molecular formula is C16H17ClN2O. The molecule has 0 radical (unpaired) electrons. The minimum absolute atomic E-state index is 0.0572. The molecule has 0 bridgehead atoms. The Hall–Kier alpha value is -2.00. The number of aryl methyl sites for hydroxylation is 2. The maximum atomic E-state index is 11.9. The lowest BCUT2D eigenvalue weighted by Gasteiger charge is -2.08. The second kappa shape index (κ2) is 6.44. The van der Waals surface area contributed by atoms with Crippen LogP contribution in [-0.4, -0.2) is 5.91 Å². The third kappa shape index (κ3) is 4.00. The number of anilines is 2. The van der Waals surface area contributed by atoms with Gasteiger partial charge < -0.3 is 11.1 Å². The van der Waals surface area contributed by atoms with Gasteiger partial charge in [0.1, 0.15) is 0 Å². The molecule has 0 aliphatic carbocycles. The smallest absolute Gasteiger partial charge is 0.224 e. The molecule has 104 valence electrons. The molecule has 3 nitrogen and oxygen atoms in total. The minimum atomic E-state index is -0.0572. The van der Waals surface area contributed by atoms with Crippen LogP contribution in [-0.2, 0) is 11.2 Å². The summed E-state index contributed by atoms with van der Waals surface area (Å²) >= 11 is 6.08. The van der Waals surface area contributed by atoms with Crippen LogP contribution < -0.4 is 11.1 Å². The van der Waals surface area contributed by atoms with E-state index < -0.39 is 0 Å². The van der Waals surface area contributed by atoms with Crippen molar-refractivity contribution in [2.45, 2.75) is 19.8 Å². The van der Waals surface area contributed by atoms with Crippen molar-refractivity contribution in [1.82, 2.24) is 0 Å². The number of hydrogen-bond donors (Lipinski definition) is 2. The van der Waals surface area contributed by atoms with Gasteiger partial charge in [0.15, 0.2) is 0 Å². The van der Waals surface area contributed by atoms with Crippen LogP contribution in [0.4, 0.5) is 11.4 Å². The number of hydrogen-bond acceptors (Lipinski definition) is 2. The molecule has 0 aliphatic heterocycles. The zero-order valence-electron chi connectivity index (χ0n) is 11.3. The first-order valence-electron chi connectivity index (χ1n) is 6.45. The van der Waals surface area contributed by atoms with Gasteiger partial charge in [0.25, 0.3) is 0 Å². The van der Waals surface area contributed by atoms with Gasteiger partial charge in [0.2, 0.25) is 5.91 Å². The largest absolute Gasteiger partial charge is 0.399 e. The Morgan fingerprint density at radius 3 is 2.75 bits per heavy atom. The van der Waals surface area contributed by atoms with E-state index in [-0.39, 0.29) is 5.91 Å². The number of carbonyl (C=O) groups is 1. The molecule has 0 atom stereocenters. The molecule has 0 saturated heterocycles. The van der Waals surface area contributed by atoms with Crippen LogP contribution in [0.5, 0.6) is 0 Å². The Bertz CT molecular complexity index is 626. The molecule has 0 unspecified atom stereocenters. The number of halogens is 1. The molecule has 0 spiro atoms. The Morgan fingerprint density at radius 1 is 1.25 bits per heavy atom. The fourth-order valence-corrected chi connectivity index (χ4v) is 2.22. The van der Waals surface area contributed by atoms with Crippen LogP contribution in [0.2, 0.25) is 5.02 Å². The summed E-state index contributed by atoms with van der Waals surface area (Å²) in [5.41, 5.74) is 9.18. The Labute approximate surface area is 123 Å². The van der Waals surface area contributed by atoms with E-state index in [1.165, 1.54) is 0 Å². The normalized spacial score (nSPS) is 10.3. The zero-order chi connectivity index (χ0) is 14.5. The van der Waals surface area contributed by atoms with Gasteiger partial charge >= 0.3 is 0 Å². The van der Waals surface area contributed by atoms with Crippen molar-refractivity contribution in [3.63, 3.8) is 0 Å². The number of carbonyl (C=O) groups excluding carboxylic acids is 1. The van der Waals surface area contributed by atoms with E-state index in [1.54, 1.807) is 0 Å². The fraction of sp³-hybridized carbons (Fsp3) is 0.188. The maximum Gasteiger partial charge on any atom is 0.224 e. The highest BCUT2D eigenvalue weighted by molar-refractivity contribution is 6.33. The van der Waals surface area contributed by atoms with Crippen LogP contribution in [0.15, 0.2) is 42.5 Å². The summed E-state index contributed by atoms with van der Waals surface area (Å²) in [5, 5.41) is 3.38. The van der Waals surface area contributed by atoms with Crippen LogP contribution in [0.25, 0.3) is 0 Å². The second-order valence-corrected chi connectivity index (χ2v) is 5.18. The summed E-state index contributed by atoms with van der Waals surface area (Å²) in [6.07, 6.45) is 1.05. The molecule has 3 N–H and O–H groups in total. The van der Waals surface area contributed by atoms with E-state index in [0.29, 0.717) is 29.2 Å². The van der Waals surface area contributed by atoms with E-state index >= 15 is 0 Å². The number of nitrogens with two attached hydrogens (primary N) is 1. The summed E-state index contributed by atoms with van der Waals surface area (Å²) in [6.45, 7) is 1.96. The molecule has 4 heteroatoms. The highest BCUT2D eigenvalue weighted by Crippen LogP contribution is 2.23. The van der Waals surface area contributed by atoms with Gasteiger partial charge in [-0.2, -0.15) is 0 Å². The summed E-state index contributed by atoms with van der Waals surface area (Å²) in [7, 11) is 0. The number of rotatable bonds is 4. The Balaban J connectivity index is 1.92. The second-order valence-electron chi connectivity index (χ2n) is 4.78. The lowest BCUT2D eigenvalue weighted by molar-refractivity contribution is -0.116. The Morgan fingerprint density at radius 2 is 2.05 bits per heavy atom. The lowest BCUT2D eigenvalue weighted by atomic mass is 10.1. The average molecular weight is 289 g/mol. The van der Waals surface area contributed by atoms with Gasteiger partial charge in [0, 0.05) is 12.1 Å². The Kier molecular flexibility index (Phi) is 4.64. The summed E-state index contributed by atoms with van der Waals surface area (Å²) in [4.78, 5) is 11.9. The van der Waals surface area contributed by atoms with Gasteiger partial charge in [-0.1, -0.05) is 29.8 Å². The van der Waals surface area contributed by atoms with E-state index in [1.807, 2.05) is 49.4 Å². The number of amides is 1. The van der Waals surface area contributed by atoms with Crippen molar-refractivity contribution in [3.05, 3.63) is 58.6 Å². The van der Waals surface area contributed by atoms with E-state index in [2.05, 4.69) is 5.32 Å². The summed E-state index contributed by atoms with van der Waals surface area (Å²) < 4.78 is 0. The van der Waals surface area contributed by atoms with Gasteiger partial charge in [-0.3, -0.25) is 4.79 Å². The topological polar surface area (TPSA) is 55.1 Å². The van der Waals surface area contributed by atoms with Gasteiger partial charge in [-0.15, -0.1) is 0 Å². The summed E-state index contributed by atoms with van der Waals surface area (Å²) in [5.74, 6) is -0.0572. The van der Waals surface area contributed by atoms with Crippen molar-refractivity contribution in [3.8, 4) is 0 Å². The maximum absolute atomic E-state index is 11.9. The van der Waals surface area contributed by atoms with Crippen molar-refractivity contribution < 1.29 is 4.79 Å². The van der Waals surface area contributed by atoms with Crippen molar-refractivity contribution in [2.75, 3.05) is 11.1 Å². The predicted octanol–water partition coefficient (Wildman–Crippen LogP) is 3.80. The van der Waals surface area contributed by atoms with E-state index in [9.17, 15) is 4.79 Å². The van der Waals surface area contributed by atoms with E-state index in [0.717, 1.165) is 11.1 Å². The monoisotopic (exact) mass is 288 g/mol. The third-order valence-electron chi connectivity index (χ3n) is 2.99. The molecule has 1 amide bonds. The molecule has 0 saturated carbocycles. The van der Waals surface area contributed by atoms with Crippen molar-refractivity contribution >= 4 is 28.9 Å². The first-order chi connectivity index (χ1) is 9.54. The van der Waals surface area contributed by atoms with Crippen LogP contribution in [0.1, 0.15) is 17.5 Å². The van der Waals surface area contributed by atoms with Gasteiger partial charge in [-0.25, -0.2) is 0 Å². The van der Waals surface area contributed by atoms with Gasteiger partial charge in [0.05, 0.1) is 10.7 Å². The highest BCUT2D eigenvalue weighted by Gasteiger charge is 2.06. The number of nitrogens with one attached hydrogen (secondary N) is 1. The lowest BCUT2D eigenvalue weighted by Crippen LogP contribution is -2.12. The molecule has 2 rings (SSSR count). The molecule has 20 heavy (non-hydrogen) atoms. The van der Waals surface area contributed by atoms with Crippen molar-refractivity contribution in [2.24, 2.45) is 0 Å². The third-order valence-corrected chi connectivity index (χ3v) is 3.30. The number of benzene rings is 2. The summed E-state index contributed by atoms with van der Waals surface area (Å²) in [6, 6.07) is 13.1. The fourth-order valence-electron chi connectivity index (χ4n) is 1.94. The molecule has 0 heterocycles. The molecule has 2 aromatic rings. The molecule has 0 fully saturated rings. The SMILES string of the molecule is Cc1ccc(NC(=O)CCc2cccc(N)c2)c(Cl)c1. The first kappa shape index (κ1) is 14.4. The molecule has 0 aromatic heterocycles. The van der Waals surface area contributed by atoms with E-state index in [4.69, 9.17) is 17.3 Å². The quantitative estimate of drug-likeness (QED) is 0.841. The van der Waals surface area contributed by atoms with Crippen molar-refractivity contribution in [1.29, 1.82) is 0 Å².